The summed E-state index contributed by atoms with van der Waals surface area (Å²) in [5.41, 5.74) is 1.06. The first-order chi connectivity index (χ1) is 14.6. The Labute approximate surface area is 175 Å². The number of rotatable bonds is 6. The van der Waals surface area contributed by atoms with E-state index in [0.717, 1.165) is 30.5 Å². The van der Waals surface area contributed by atoms with Crippen molar-refractivity contribution in [3.8, 4) is 5.75 Å². The van der Waals surface area contributed by atoms with E-state index in [1.807, 2.05) is 29.5 Å². The zero-order valence-corrected chi connectivity index (χ0v) is 17.7. The van der Waals surface area contributed by atoms with Crippen molar-refractivity contribution in [1.82, 2.24) is 24.4 Å². The second kappa shape index (κ2) is 8.87. The molecule has 3 aromatic rings. The van der Waals surface area contributed by atoms with Gasteiger partial charge in [-0.3, -0.25) is 14.0 Å². The molecule has 4 rings (SSSR count). The molecule has 0 atom stereocenters. The van der Waals surface area contributed by atoms with Gasteiger partial charge in [-0.05, 0) is 51.1 Å². The van der Waals surface area contributed by atoms with E-state index >= 15 is 0 Å². The van der Waals surface area contributed by atoms with Crippen LogP contribution >= 0.6 is 0 Å². The highest BCUT2D eigenvalue weighted by molar-refractivity contribution is 5.92. The Morgan fingerprint density at radius 2 is 1.93 bits per heavy atom. The van der Waals surface area contributed by atoms with Crippen molar-refractivity contribution in [3.63, 3.8) is 0 Å². The SMILES string of the molecule is COc1cccc2c1cc1c(=O)n(CC(=O)NCCN3CCCCCC3)nc(C)n12. The van der Waals surface area contributed by atoms with Gasteiger partial charge in [-0.1, -0.05) is 18.9 Å². The summed E-state index contributed by atoms with van der Waals surface area (Å²) in [4.78, 5) is 27.8. The zero-order valence-electron chi connectivity index (χ0n) is 17.7. The number of benzene rings is 1. The van der Waals surface area contributed by atoms with Crippen molar-refractivity contribution >= 4 is 22.3 Å². The largest absolute Gasteiger partial charge is 0.496 e. The summed E-state index contributed by atoms with van der Waals surface area (Å²) in [5.74, 6) is 1.15. The minimum Gasteiger partial charge on any atom is -0.496 e. The monoisotopic (exact) mass is 411 g/mol. The molecule has 8 nitrogen and oxygen atoms in total. The smallest absolute Gasteiger partial charge is 0.291 e. The van der Waals surface area contributed by atoms with Crippen molar-refractivity contribution in [2.75, 3.05) is 33.3 Å². The highest BCUT2D eigenvalue weighted by Crippen LogP contribution is 2.28. The fourth-order valence-corrected chi connectivity index (χ4v) is 4.30. The van der Waals surface area contributed by atoms with Gasteiger partial charge in [-0.15, -0.1) is 0 Å². The molecule has 0 unspecified atom stereocenters. The van der Waals surface area contributed by atoms with Crippen molar-refractivity contribution in [1.29, 1.82) is 0 Å². The van der Waals surface area contributed by atoms with E-state index in [2.05, 4.69) is 15.3 Å². The molecule has 0 spiro atoms. The lowest BCUT2D eigenvalue weighted by molar-refractivity contribution is -0.121. The third-order valence-corrected chi connectivity index (χ3v) is 5.81. The molecule has 1 saturated heterocycles. The Bertz CT molecular complexity index is 1110. The number of methoxy groups -OCH3 is 1. The topological polar surface area (TPSA) is 80.9 Å². The average molecular weight is 412 g/mol. The maximum Gasteiger partial charge on any atom is 0.291 e. The first kappa shape index (κ1) is 20.4. The number of nitrogens with one attached hydrogen (secondary N) is 1. The minimum absolute atomic E-state index is 0.0885. The highest BCUT2D eigenvalue weighted by atomic mass is 16.5. The predicted octanol–water partition coefficient (Wildman–Crippen LogP) is 1.96. The summed E-state index contributed by atoms with van der Waals surface area (Å²) in [6, 6.07) is 7.48. The van der Waals surface area contributed by atoms with Gasteiger partial charge in [0.15, 0.2) is 0 Å². The van der Waals surface area contributed by atoms with E-state index < -0.39 is 0 Å². The van der Waals surface area contributed by atoms with Gasteiger partial charge in [0.25, 0.3) is 5.56 Å². The molecule has 0 aliphatic carbocycles. The Morgan fingerprint density at radius 1 is 1.17 bits per heavy atom. The number of fused-ring (bicyclic) bond motifs is 3. The molecule has 3 heterocycles. The molecule has 0 radical (unpaired) electrons. The van der Waals surface area contributed by atoms with Crippen LogP contribution in [0.1, 0.15) is 31.5 Å². The summed E-state index contributed by atoms with van der Waals surface area (Å²) >= 11 is 0. The van der Waals surface area contributed by atoms with Crippen LogP contribution in [0, 0.1) is 6.92 Å². The van der Waals surface area contributed by atoms with Crippen LogP contribution in [0.3, 0.4) is 0 Å². The quantitative estimate of drug-likeness (QED) is 0.671. The molecule has 1 aromatic carbocycles. The van der Waals surface area contributed by atoms with Crippen LogP contribution in [0.15, 0.2) is 29.1 Å². The first-order valence-electron chi connectivity index (χ1n) is 10.6. The average Bonchev–Trinajstić information content (AvgIpc) is 2.95. The number of carbonyl (C=O) groups excluding carboxylic acids is 1. The Hall–Kier alpha value is -2.87. The van der Waals surface area contributed by atoms with Gasteiger partial charge in [-0.25, -0.2) is 4.68 Å². The molecule has 1 aliphatic heterocycles. The standard InChI is InChI=1S/C22H29N5O3/c1-16-24-26(15-21(28)23-10-13-25-11-5-3-4-6-12-25)22(29)19-14-17-18(27(16)19)8-7-9-20(17)30-2/h7-9,14H,3-6,10-13,15H2,1-2H3,(H,23,28). The van der Waals surface area contributed by atoms with Crippen LogP contribution in [0.2, 0.25) is 0 Å². The Morgan fingerprint density at radius 3 is 2.67 bits per heavy atom. The molecule has 0 saturated carbocycles. The van der Waals surface area contributed by atoms with Crippen molar-refractivity contribution in [2.45, 2.75) is 39.2 Å². The van der Waals surface area contributed by atoms with Crippen molar-refractivity contribution in [2.24, 2.45) is 0 Å². The molecule has 30 heavy (non-hydrogen) atoms. The molecule has 1 amide bonds. The van der Waals surface area contributed by atoms with Crippen LogP contribution in [0.4, 0.5) is 0 Å². The lowest BCUT2D eigenvalue weighted by atomic mass is 10.2. The molecule has 1 aliphatic rings. The summed E-state index contributed by atoms with van der Waals surface area (Å²) in [5, 5.41) is 8.16. The molecule has 160 valence electrons. The van der Waals surface area contributed by atoms with Gasteiger partial charge >= 0.3 is 0 Å². The lowest BCUT2D eigenvalue weighted by Gasteiger charge is -2.19. The number of carbonyl (C=O) groups is 1. The van der Waals surface area contributed by atoms with Crippen LogP contribution in [0.5, 0.6) is 5.75 Å². The van der Waals surface area contributed by atoms with Crippen LogP contribution < -0.4 is 15.6 Å². The number of amides is 1. The summed E-state index contributed by atoms with van der Waals surface area (Å²) < 4.78 is 8.48. The lowest BCUT2D eigenvalue weighted by Crippen LogP contribution is -2.39. The van der Waals surface area contributed by atoms with Gasteiger partial charge in [0.1, 0.15) is 23.6 Å². The molecule has 2 aromatic heterocycles. The van der Waals surface area contributed by atoms with E-state index in [1.54, 1.807) is 13.2 Å². The number of ether oxygens (including phenoxy) is 1. The second-order valence-corrected chi connectivity index (χ2v) is 7.87. The summed E-state index contributed by atoms with van der Waals surface area (Å²) in [6.07, 6.45) is 5.03. The van der Waals surface area contributed by atoms with E-state index in [1.165, 1.54) is 30.4 Å². The van der Waals surface area contributed by atoms with Crippen molar-refractivity contribution < 1.29 is 9.53 Å². The molecular formula is C22H29N5O3. The number of aryl methyl sites for hydroxylation is 1. The first-order valence-corrected chi connectivity index (χ1v) is 10.6. The third kappa shape index (κ3) is 4.05. The maximum absolute atomic E-state index is 13.0. The van der Waals surface area contributed by atoms with Gasteiger partial charge in [-0.2, -0.15) is 5.10 Å². The number of likely N-dealkylation sites (tertiary alicyclic amines) is 1. The fraction of sp³-hybridized carbons (Fsp3) is 0.500. The number of aromatic nitrogens is 3. The van der Waals surface area contributed by atoms with E-state index in [-0.39, 0.29) is 18.0 Å². The predicted molar refractivity (Wildman–Crippen MR) is 116 cm³/mol. The maximum atomic E-state index is 13.0. The minimum atomic E-state index is -0.290. The van der Waals surface area contributed by atoms with Gasteiger partial charge in [0.2, 0.25) is 5.91 Å². The Kier molecular flexibility index (Phi) is 6.03. The number of nitrogens with zero attached hydrogens (tertiary/aromatic N) is 4. The van der Waals surface area contributed by atoms with E-state index in [4.69, 9.17) is 4.74 Å². The van der Waals surface area contributed by atoms with Crippen LogP contribution in [-0.2, 0) is 11.3 Å². The third-order valence-electron chi connectivity index (χ3n) is 5.81. The number of hydrogen-bond acceptors (Lipinski definition) is 5. The number of hydrogen-bond donors (Lipinski definition) is 1. The fourth-order valence-electron chi connectivity index (χ4n) is 4.30. The normalized spacial score (nSPS) is 15.4. The van der Waals surface area contributed by atoms with Crippen LogP contribution in [0.25, 0.3) is 16.4 Å². The van der Waals surface area contributed by atoms with Gasteiger partial charge < -0.3 is 15.0 Å². The second-order valence-electron chi connectivity index (χ2n) is 7.87. The molecule has 1 fully saturated rings. The zero-order chi connectivity index (χ0) is 21.1. The van der Waals surface area contributed by atoms with Crippen molar-refractivity contribution in [3.05, 3.63) is 40.4 Å². The highest BCUT2D eigenvalue weighted by Gasteiger charge is 2.16. The summed E-state index contributed by atoms with van der Waals surface area (Å²) in [7, 11) is 1.61. The van der Waals surface area contributed by atoms with E-state index in [9.17, 15) is 9.59 Å². The Balaban J connectivity index is 1.50. The van der Waals surface area contributed by atoms with Gasteiger partial charge in [0, 0.05) is 18.5 Å². The molecule has 0 bridgehead atoms. The van der Waals surface area contributed by atoms with Gasteiger partial charge in [0.05, 0.1) is 12.6 Å². The molecular weight excluding hydrogens is 382 g/mol. The van der Waals surface area contributed by atoms with Crippen LogP contribution in [-0.4, -0.2) is 58.3 Å². The molecule has 8 heteroatoms. The molecule has 1 N–H and O–H groups in total. The van der Waals surface area contributed by atoms with E-state index in [0.29, 0.717) is 23.6 Å². The summed E-state index contributed by atoms with van der Waals surface area (Å²) in [6.45, 7) is 5.36.